The third-order valence-electron chi connectivity index (χ3n) is 3.29. The van der Waals surface area contributed by atoms with Crippen LogP contribution in [0.1, 0.15) is 6.92 Å². The van der Waals surface area contributed by atoms with Gasteiger partial charge in [0.2, 0.25) is 11.2 Å². The van der Waals surface area contributed by atoms with E-state index in [0.717, 1.165) is 0 Å². The fourth-order valence-electron chi connectivity index (χ4n) is 2.20. The van der Waals surface area contributed by atoms with Crippen LogP contribution in [-0.4, -0.2) is 7.11 Å². The lowest BCUT2D eigenvalue weighted by Gasteiger charge is -2.08. The van der Waals surface area contributed by atoms with Crippen LogP contribution in [0.3, 0.4) is 0 Å². The Bertz CT molecular complexity index is 938. The molecule has 1 heterocycles. The molecule has 0 atom stereocenters. The van der Waals surface area contributed by atoms with Gasteiger partial charge in [-0.2, -0.15) is 0 Å². The van der Waals surface area contributed by atoms with Crippen molar-refractivity contribution in [3.05, 3.63) is 71.3 Å². The first kappa shape index (κ1) is 15.7. The molecule has 5 heteroatoms. The van der Waals surface area contributed by atoms with Crippen molar-refractivity contribution in [2.24, 2.45) is 0 Å². The van der Waals surface area contributed by atoms with Gasteiger partial charge < -0.3 is 18.6 Å². The predicted octanol–water partition coefficient (Wildman–Crippen LogP) is 4.51. The van der Waals surface area contributed by atoms with E-state index in [9.17, 15) is 4.79 Å². The van der Waals surface area contributed by atoms with Crippen molar-refractivity contribution in [1.82, 2.24) is 0 Å². The highest BCUT2D eigenvalue weighted by molar-refractivity contribution is 5.79. The van der Waals surface area contributed by atoms with E-state index >= 15 is 0 Å². The molecular formula is C19H16O5. The van der Waals surface area contributed by atoms with Gasteiger partial charge in [-0.3, -0.25) is 4.79 Å². The Hall–Kier alpha value is -3.21. The summed E-state index contributed by atoms with van der Waals surface area (Å²) in [7, 11) is 1.58. The highest BCUT2D eigenvalue weighted by atomic mass is 16.5. The molecule has 2 aromatic carbocycles. The van der Waals surface area contributed by atoms with E-state index in [2.05, 4.69) is 6.58 Å². The average Bonchev–Trinajstić information content (AvgIpc) is 2.57. The molecule has 0 unspecified atom stereocenters. The van der Waals surface area contributed by atoms with Crippen LogP contribution in [0.5, 0.6) is 23.0 Å². The van der Waals surface area contributed by atoms with Crippen LogP contribution in [0.2, 0.25) is 0 Å². The van der Waals surface area contributed by atoms with Crippen molar-refractivity contribution in [3.63, 3.8) is 0 Å². The summed E-state index contributed by atoms with van der Waals surface area (Å²) in [5.41, 5.74) is 0.162. The van der Waals surface area contributed by atoms with Crippen molar-refractivity contribution in [1.29, 1.82) is 0 Å². The van der Waals surface area contributed by atoms with Gasteiger partial charge in [-0.15, -0.1) is 0 Å². The standard InChI is InChI=1S/C19H16O5/c1-12(2)23-15-8-9-16-17(10-15)22-11-18(19(16)20)24-14-6-4-13(21-3)5-7-14/h4-11H,1H2,2-3H3. The molecule has 3 aromatic rings. The van der Waals surface area contributed by atoms with Gasteiger partial charge in [0.25, 0.3) is 0 Å². The first-order valence-electron chi connectivity index (χ1n) is 7.27. The second-order valence-electron chi connectivity index (χ2n) is 5.17. The van der Waals surface area contributed by atoms with E-state index in [1.807, 2.05) is 0 Å². The molecule has 5 nitrogen and oxygen atoms in total. The average molecular weight is 324 g/mol. The van der Waals surface area contributed by atoms with Gasteiger partial charge in [0.15, 0.2) is 0 Å². The topological polar surface area (TPSA) is 57.9 Å². The normalized spacial score (nSPS) is 10.4. The summed E-state index contributed by atoms with van der Waals surface area (Å²) in [6.07, 6.45) is 1.29. The summed E-state index contributed by atoms with van der Waals surface area (Å²) < 4.78 is 21.6. The predicted molar refractivity (Wildman–Crippen MR) is 91.0 cm³/mol. The molecule has 0 fully saturated rings. The van der Waals surface area contributed by atoms with E-state index in [1.54, 1.807) is 56.5 Å². The van der Waals surface area contributed by atoms with Gasteiger partial charge in [0.05, 0.1) is 18.3 Å². The minimum Gasteiger partial charge on any atom is -0.497 e. The summed E-state index contributed by atoms with van der Waals surface area (Å²) in [4.78, 5) is 12.5. The largest absolute Gasteiger partial charge is 0.497 e. The summed E-state index contributed by atoms with van der Waals surface area (Å²) >= 11 is 0. The maximum absolute atomic E-state index is 12.5. The SMILES string of the molecule is C=C(C)Oc1ccc2c(=O)c(Oc3ccc(OC)cc3)coc2c1. The minimum absolute atomic E-state index is 0.112. The summed E-state index contributed by atoms with van der Waals surface area (Å²) in [5, 5.41) is 0.412. The Morgan fingerprint density at radius 2 is 1.71 bits per heavy atom. The Balaban J connectivity index is 1.93. The Morgan fingerprint density at radius 3 is 2.38 bits per heavy atom. The van der Waals surface area contributed by atoms with Gasteiger partial charge in [-0.1, -0.05) is 6.58 Å². The number of fused-ring (bicyclic) bond motifs is 1. The van der Waals surface area contributed by atoms with Crippen LogP contribution >= 0.6 is 0 Å². The molecule has 1 aromatic heterocycles. The van der Waals surface area contributed by atoms with Gasteiger partial charge in [-0.05, 0) is 43.3 Å². The van der Waals surface area contributed by atoms with E-state index < -0.39 is 0 Å². The first-order valence-corrected chi connectivity index (χ1v) is 7.27. The zero-order valence-electron chi connectivity index (χ0n) is 13.4. The third kappa shape index (κ3) is 3.25. The van der Waals surface area contributed by atoms with Gasteiger partial charge >= 0.3 is 0 Å². The molecule has 0 saturated heterocycles. The molecule has 0 N–H and O–H groups in total. The zero-order valence-corrected chi connectivity index (χ0v) is 13.4. The smallest absolute Gasteiger partial charge is 0.235 e. The number of methoxy groups -OCH3 is 1. The van der Waals surface area contributed by atoms with Crippen LogP contribution in [0.15, 0.2) is 70.3 Å². The molecule has 0 radical (unpaired) electrons. The monoisotopic (exact) mass is 324 g/mol. The van der Waals surface area contributed by atoms with E-state index in [4.69, 9.17) is 18.6 Å². The minimum atomic E-state index is -0.256. The molecule has 0 aliphatic heterocycles. The van der Waals surface area contributed by atoms with Crippen LogP contribution in [0.25, 0.3) is 11.0 Å². The molecule has 0 spiro atoms. The highest BCUT2D eigenvalue weighted by Gasteiger charge is 2.10. The number of hydrogen-bond donors (Lipinski definition) is 0. The lowest BCUT2D eigenvalue weighted by Crippen LogP contribution is -2.05. The third-order valence-corrected chi connectivity index (χ3v) is 3.29. The molecule has 122 valence electrons. The number of allylic oxidation sites excluding steroid dienone is 1. The summed E-state index contributed by atoms with van der Waals surface area (Å²) in [6.45, 7) is 5.42. The van der Waals surface area contributed by atoms with E-state index in [-0.39, 0.29) is 11.2 Å². The quantitative estimate of drug-likeness (QED) is 0.646. The van der Waals surface area contributed by atoms with E-state index in [1.165, 1.54) is 6.26 Å². The maximum Gasteiger partial charge on any atom is 0.235 e. The molecule has 3 rings (SSSR count). The second-order valence-corrected chi connectivity index (χ2v) is 5.17. The Labute approximate surface area is 138 Å². The van der Waals surface area contributed by atoms with Crippen molar-refractivity contribution >= 4 is 11.0 Å². The number of benzene rings is 2. The van der Waals surface area contributed by atoms with E-state index in [0.29, 0.717) is 34.0 Å². The van der Waals surface area contributed by atoms with Crippen molar-refractivity contribution < 1.29 is 18.6 Å². The second kappa shape index (κ2) is 6.50. The molecule has 0 saturated carbocycles. The van der Waals surface area contributed by atoms with Crippen LogP contribution in [0, 0.1) is 0 Å². The Morgan fingerprint density at radius 1 is 1.04 bits per heavy atom. The summed E-state index contributed by atoms with van der Waals surface area (Å²) in [6, 6.07) is 11.9. The molecule has 0 aliphatic rings. The van der Waals surface area contributed by atoms with Gasteiger partial charge in [-0.25, -0.2) is 0 Å². The lowest BCUT2D eigenvalue weighted by molar-refractivity contribution is 0.411. The molecule has 0 aliphatic carbocycles. The Kier molecular flexibility index (Phi) is 4.24. The zero-order chi connectivity index (χ0) is 17.1. The number of hydrogen-bond acceptors (Lipinski definition) is 5. The highest BCUT2D eigenvalue weighted by Crippen LogP contribution is 2.25. The van der Waals surface area contributed by atoms with Crippen LogP contribution < -0.4 is 19.6 Å². The maximum atomic E-state index is 12.5. The van der Waals surface area contributed by atoms with Crippen molar-refractivity contribution in [3.8, 4) is 23.0 Å². The molecule has 0 amide bonds. The number of rotatable bonds is 5. The molecule has 0 bridgehead atoms. The van der Waals surface area contributed by atoms with Crippen LogP contribution in [0.4, 0.5) is 0 Å². The van der Waals surface area contributed by atoms with Gasteiger partial charge in [0, 0.05) is 6.07 Å². The molecule has 24 heavy (non-hydrogen) atoms. The molecular weight excluding hydrogens is 308 g/mol. The lowest BCUT2D eigenvalue weighted by atomic mass is 10.2. The van der Waals surface area contributed by atoms with Crippen LogP contribution in [-0.2, 0) is 0 Å². The first-order chi connectivity index (χ1) is 11.6. The van der Waals surface area contributed by atoms with Gasteiger partial charge in [0.1, 0.15) is 29.1 Å². The fraction of sp³-hybridized carbons (Fsp3) is 0.105. The summed E-state index contributed by atoms with van der Waals surface area (Å²) in [5.74, 6) is 2.45. The van der Waals surface area contributed by atoms with Crippen molar-refractivity contribution in [2.45, 2.75) is 6.92 Å². The number of ether oxygens (including phenoxy) is 3. The fourth-order valence-corrected chi connectivity index (χ4v) is 2.20. The van der Waals surface area contributed by atoms with Crippen molar-refractivity contribution in [2.75, 3.05) is 7.11 Å².